The Balaban J connectivity index is 0.00000225. The summed E-state index contributed by atoms with van der Waals surface area (Å²) in [4.78, 5) is 14.6. The molecule has 152 valence electrons. The van der Waals surface area contributed by atoms with Gasteiger partial charge in [-0.3, -0.25) is 4.79 Å². The summed E-state index contributed by atoms with van der Waals surface area (Å²) < 4.78 is 7.88. The lowest BCUT2D eigenvalue weighted by molar-refractivity contribution is -0.000511. The molecule has 0 spiro atoms. The highest BCUT2D eigenvalue weighted by Gasteiger charge is 2.26. The fourth-order valence-electron chi connectivity index (χ4n) is 3.80. The predicted molar refractivity (Wildman–Crippen MR) is 109 cm³/mol. The van der Waals surface area contributed by atoms with E-state index >= 15 is 0 Å². The first-order valence-corrected chi connectivity index (χ1v) is 9.87. The summed E-state index contributed by atoms with van der Waals surface area (Å²) in [6.07, 6.45) is 5.81. The number of piperidine rings is 2. The SMILES string of the molecule is Cl.O=C(c1cn(C2CCNCC2)nn1)N1CCC(OCc2ccccc2)CC1. The summed E-state index contributed by atoms with van der Waals surface area (Å²) in [5, 5.41) is 11.7. The van der Waals surface area contributed by atoms with Crippen LogP contribution < -0.4 is 5.32 Å². The van der Waals surface area contributed by atoms with Crippen LogP contribution >= 0.6 is 12.4 Å². The van der Waals surface area contributed by atoms with Crippen molar-refractivity contribution in [3.63, 3.8) is 0 Å². The van der Waals surface area contributed by atoms with E-state index in [1.54, 1.807) is 0 Å². The fourth-order valence-corrected chi connectivity index (χ4v) is 3.80. The number of benzene rings is 1. The first-order chi connectivity index (χ1) is 13.3. The molecule has 7 nitrogen and oxygen atoms in total. The van der Waals surface area contributed by atoms with Gasteiger partial charge in [-0.15, -0.1) is 17.5 Å². The van der Waals surface area contributed by atoms with Crippen molar-refractivity contribution in [2.75, 3.05) is 26.2 Å². The van der Waals surface area contributed by atoms with Gasteiger partial charge in [0, 0.05) is 13.1 Å². The number of hydrogen-bond donors (Lipinski definition) is 1. The second-order valence-electron chi connectivity index (χ2n) is 7.35. The van der Waals surface area contributed by atoms with Crippen LogP contribution in [-0.4, -0.2) is 58.1 Å². The number of likely N-dealkylation sites (tertiary alicyclic amines) is 1. The van der Waals surface area contributed by atoms with E-state index in [9.17, 15) is 4.79 Å². The van der Waals surface area contributed by atoms with Gasteiger partial charge in [0.25, 0.3) is 5.91 Å². The number of halogens is 1. The molecule has 0 atom stereocenters. The van der Waals surface area contributed by atoms with Crippen LogP contribution in [0, 0.1) is 0 Å². The Morgan fingerprint density at radius 2 is 1.82 bits per heavy atom. The maximum atomic E-state index is 12.7. The summed E-state index contributed by atoms with van der Waals surface area (Å²) >= 11 is 0. The largest absolute Gasteiger partial charge is 0.373 e. The van der Waals surface area contributed by atoms with Crippen molar-refractivity contribution >= 4 is 18.3 Å². The van der Waals surface area contributed by atoms with E-state index in [1.807, 2.05) is 34.0 Å². The average molecular weight is 406 g/mol. The summed E-state index contributed by atoms with van der Waals surface area (Å²) in [6, 6.07) is 10.6. The summed E-state index contributed by atoms with van der Waals surface area (Å²) in [5.41, 5.74) is 1.64. The molecule has 0 saturated carbocycles. The number of amides is 1. The number of nitrogens with one attached hydrogen (secondary N) is 1. The molecule has 0 bridgehead atoms. The number of carbonyl (C=O) groups is 1. The maximum Gasteiger partial charge on any atom is 0.276 e. The van der Waals surface area contributed by atoms with Gasteiger partial charge in [0.05, 0.1) is 24.9 Å². The smallest absolute Gasteiger partial charge is 0.276 e. The standard InChI is InChI=1S/C20H27N5O2.ClH/c26-20(19-14-25(23-22-19)17-6-10-21-11-7-17)24-12-8-18(9-13-24)27-15-16-4-2-1-3-5-16;/h1-5,14,17-18,21H,6-13,15H2;1H. The molecule has 4 rings (SSSR count). The number of rotatable bonds is 5. The van der Waals surface area contributed by atoms with Gasteiger partial charge in [0.15, 0.2) is 5.69 Å². The Hall–Kier alpha value is -1.96. The second-order valence-corrected chi connectivity index (χ2v) is 7.35. The number of ether oxygens (including phenoxy) is 1. The summed E-state index contributed by atoms with van der Waals surface area (Å²) in [6.45, 7) is 4.02. The van der Waals surface area contributed by atoms with E-state index in [0.29, 0.717) is 31.4 Å². The van der Waals surface area contributed by atoms with E-state index in [2.05, 4.69) is 27.8 Å². The number of hydrogen-bond acceptors (Lipinski definition) is 5. The molecule has 3 heterocycles. The molecule has 1 aromatic heterocycles. The fraction of sp³-hybridized carbons (Fsp3) is 0.550. The average Bonchev–Trinajstić information content (AvgIpc) is 3.24. The molecule has 1 N–H and O–H groups in total. The molecule has 1 amide bonds. The lowest BCUT2D eigenvalue weighted by atomic mass is 10.1. The molecule has 1 aromatic carbocycles. The van der Waals surface area contributed by atoms with Crippen LogP contribution in [0.25, 0.3) is 0 Å². The van der Waals surface area contributed by atoms with Crippen LogP contribution in [0.5, 0.6) is 0 Å². The highest BCUT2D eigenvalue weighted by atomic mass is 35.5. The van der Waals surface area contributed by atoms with Gasteiger partial charge in [0.2, 0.25) is 0 Å². The van der Waals surface area contributed by atoms with E-state index in [4.69, 9.17) is 4.74 Å². The minimum atomic E-state index is -0.0170. The molecular weight excluding hydrogens is 378 g/mol. The highest BCUT2D eigenvalue weighted by Crippen LogP contribution is 2.20. The van der Waals surface area contributed by atoms with Crippen LogP contribution in [0.4, 0.5) is 0 Å². The van der Waals surface area contributed by atoms with E-state index in [1.165, 1.54) is 5.56 Å². The van der Waals surface area contributed by atoms with Crippen LogP contribution in [-0.2, 0) is 11.3 Å². The molecule has 2 aliphatic rings. The van der Waals surface area contributed by atoms with Gasteiger partial charge in [-0.2, -0.15) is 0 Å². The van der Waals surface area contributed by atoms with Gasteiger partial charge in [0.1, 0.15) is 0 Å². The molecule has 2 aliphatic heterocycles. The van der Waals surface area contributed by atoms with Crippen molar-refractivity contribution in [3.05, 3.63) is 47.8 Å². The Morgan fingerprint density at radius 3 is 2.54 bits per heavy atom. The molecule has 0 radical (unpaired) electrons. The topological polar surface area (TPSA) is 72.3 Å². The van der Waals surface area contributed by atoms with Gasteiger partial charge < -0.3 is 15.0 Å². The third-order valence-electron chi connectivity index (χ3n) is 5.47. The van der Waals surface area contributed by atoms with Crippen LogP contribution in [0.1, 0.15) is 47.8 Å². The zero-order valence-corrected chi connectivity index (χ0v) is 16.8. The third-order valence-corrected chi connectivity index (χ3v) is 5.47. The van der Waals surface area contributed by atoms with Crippen LogP contribution in [0.15, 0.2) is 36.5 Å². The monoisotopic (exact) mass is 405 g/mol. The quantitative estimate of drug-likeness (QED) is 0.827. The van der Waals surface area contributed by atoms with Crippen molar-refractivity contribution in [1.29, 1.82) is 0 Å². The van der Waals surface area contributed by atoms with Crippen molar-refractivity contribution < 1.29 is 9.53 Å². The predicted octanol–water partition coefficient (Wildman–Crippen LogP) is 2.45. The molecule has 28 heavy (non-hydrogen) atoms. The van der Waals surface area contributed by atoms with Gasteiger partial charge in [-0.05, 0) is 44.3 Å². The third kappa shape index (κ3) is 5.10. The number of nitrogens with zero attached hydrogens (tertiary/aromatic N) is 4. The molecule has 8 heteroatoms. The lowest BCUT2D eigenvalue weighted by Crippen LogP contribution is -2.41. The molecule has 0 unspecified atom stereocenters. The lowest BCUT2D eigenvalue weighted by Gasteiger charge is -2.31. The van der Waals surface area contributed by atoms with Gasteiger partial charge >= 0.3 is 0 Å². The molecule has 0 aliphatic carbocycles. The summed E-state index contributed by atoms with van der Waals surface area (Å²) in [5.74, 6) is -0.0170. The Labute approximate surface area is 171 Å². The Morgan fingerprint density at radius 1 is 1.11 bits per heavy atom. The van der Waals surface area contributed by atoms with Gasteiger partial charge in [-0.25, -0.2) is 4.68 Å². The molecular formula is C20H28ClN5O2. The van der Waals surface area contributed by atoms with Crippen molar-refractivity contribution in [2.45, 2.75) is 44.4 Å². The van der Waals surface area contributed by atoms with Crippen LogP contribution in [0.2, 0.25) is 0 Å². The molecule has 2 saturated heterocycles. The number of aromatic nitrogens is 3. The van der Waals surface area contributed by atoms with Crippen molar-refractivity contribution in [1.82, 2.24) is 25.2 Å². The van der Waals surface area contributed by atoms with Gasteiger partial charge in [-0.1, -0.05) is 35.5 Å². The summed E-state index contributed by atoms with van der Waals surface area (Å²) in [7, 11) is 0. The molecule has 2 aromatic rings. The Kier molecular flexibility index (Phi) is 7.42. The minimum absolute atomic E-state index is 0. The second kappa shape index (κ2) is 10.0. The zero-order chi connectivity index (χ0) is 18.5. The first kappa shape index (κ1) is 20.8. The van der Waals surface area contributed by atoms with E-state index < -0.39 is 0 Å². The zero-order valence-electron chi connectivity index (χ0n) is 16.0. The first-order valence-electron chi connectivity index (χ1n) is 9.87. The van der Waals surface area contributed by atoms with E-state index in [0.717, 1.165) is 38.8 Å². The van der Waals surface area contributed by atoms with Crippen molar-refractivity contribution in [3.8, 4) is 0 Å². The normalized spacial score (nSPS) is 18.6. The number of carbonyl (C=O) groups excluding carboxylic acids is 1. The highest BCUT2D eigenvalue weighted by molar-refractivity contribution is 5.92. The minimum Gasteiger partial charge on any atom is -0.373 e. The Bertz CT molecular complexity index is 740. The maximum absolute atomic E-state index is 12.7. The van der Waals surface area contributed by atoms with Crippen LogP contribution in [0.3, 0.4) is 0 Å². The van der Waals surface area contributed by atoms with Crippen molar-refractivity contribution in [2.24, 2.45) is 0 Å². The van der Waals surface area contributed by atoms with E-state index in [-0.39, 0.29) is 24.4 Å². The molecule has 2 fully saturated rings.